The number of carbonyl (C=O) groups excluding carboxylic acids is 1. The highest BCUT2D eigenvalue weighted by atomic mass is 16.4. The molecule has 5 nitrogen and oxygen atoms in total. The third kappa shape index (κ3) is 2.58. The zero-order chi connectivity index (χ0) is 14.9. The van der Waals surface area contributed by atoms with Gasteiger partial charge < -0.3 is 14.6 Å². The van der Waals surface area contributed by atoms with E-state index < -0.39 is 28.8 Å². The molecular formula is C15H16O5. The maximum Gasteiger partial charge on any atom is 0.351 e. The molecule has 5 heteroatoms. The summed E-state index contributed by atoms with van der Waals surface area (Å²) in [7, 11) is 0. The molecule has 1 aromatic carbocycles. The molecule has 0 saturated carbocycles. The number of hydrogen-bond acceptors (Lipinski definition) is 5. The molecule has 0 saturated heterocycles. The number of fused-ring (bicyclic) bond motifs is 1. The molecule has 1 heterocycles. The molecule has 2 aromatic rings. The molecule has 0 aliphatic rings. The number of carbonyl (C=O) groups is 1. The fourth-order valence-electron chi connectivity index (χ4n) is 1.91. The van der Waals surface area contributed by atoms with E-state index in [9.17, 15) is 19.8 Å². The fourth-order valence-corrected chi connectivity index (χ4v) is 1.91. The Balaban J connectivity index is 2.49. The van der Waals surface area contributed by atoms with Crippen LogP contribution in [-0.2, 0) is 0 Å². The van der Waals surface area contributed by atoms with Gasteiger partial charge in [-0.1, -0.05) is 26.0 Å². The van der Waals surface area contributed by atoms with Gasteiger partial charge in [-0.25, -0.2) is 4.79 Å². The van der Waals surface area contributed by atoms with Gasteiger partial charge in [0, 0.05) is 6.42 Å². The highest BCUT2D eigenvalue weighted by Crippen LogP contribution is 2.27. The van der Waals surface area contributed by atoms with Crippen LogP contribution in [0.3, 0.4) is 0 Å². The maximum absolute atomic E-state index is 12.1. The average Bonchev–Trinajstić information content (AvgIpc) is 2.38. The van der Waals surface area contributed by atoms with Gasteiger partial charge in [0.2, 0.25) is 0 Å². The minimum Gasteiger partial charge on any atom is -0.506 e. The van der Waals surface area contributed by atoms with E-state index in [1.165, 1.54) is 6.07 Å². The van der Waals surface area contributed by atoms with Crippen molar-refractivity contribution >= 4 is 16.8 Å². The van der Waals surface area contributed by atoms with Crippen LogP contribution in [0, 0.1) is 5.92 Å². The number of hydrogen-bond donors (Lipinski definition) is 2. The van der Waals surface area contributed by atoms with Crippen LogP contribution in [0.4, 0.5) is 0 Å². The second-order valence-electron chi connectivity index (χ2n) is 5.05. The topological polar surface area (TPSA) is 87.7 Å². The van der Waals surface area contributed by atoms with Gasteiger partial charge in [0.05, 0.1) is 11.5 Å². The Labute approximate surface area is 115 Å². The van der Waals surface area contributed by atoms with Gasteiger partial charge in [-0.3, -0.25) is 4.79 Å². The lowest BCUT2D eigenvalue weighted by molar-refractivity contribution is 0.0785. The summed E-state index contributed by atoms with van der Waals surface area (Å²) in [5.41, 5.74) is -1.07. The molecular weight excluding hydrogens is 260 g/mol. The van der Waals surface area contributed by atoms with Crippen molar-refractivity contribution < 1.29 is 19.4 Å². The lowest BCUT2D eigenvalue weighted by Gasteiger charge is -2.13. The SMILES string of the molecule is CC(C)C(O)CC(=O)c1c(O)c2ccccc2oc1=O. The van der Waals surface area contributed by atoms with E-state index in [1.54, 1.807) is 32.0 Å². The standard InChI is InChI=1S/C15H16O5/c1-8(2)10(16)7-11(17)13-14(18)9-5-3-4-6-12(9)20-15(13)19/h3-6,8,10,16,18H,7H2,1-2H3. The highest BCUT2D eigenvalue weighted by molar-refractivity contribution is 6.02. The van der Waals surface area contributed by atoms with Crippen molar-refractivity contribution in [3.63, 3.8) is 0 Å². The molecule has 2 N–H and O–H groups in total. The van der Waals surface area contributed by atoms with Crippen LogP contribution in [0.25, 0.3) is 11.0 Å². The van der Waals surface area contributed by atoms with E-state index in [1.807, 2.05) is 0 Å². The van der Waals surface area contributed by atoms with E-state index in [0.29, 0.717) is 5.39 Å². The van der Waals surface area contributed by atoms with Crippen LogP contribution in [0.1, 0.15) is 30.6 Å². The summed E-state index contributed by atoms with van der Waals surface area (Å²) in [6, 6.07) is 6.42. The van der Waals surface area contributed by atoms with Gasteiger partial charge in [-0.05, 0) is 18.1 Å². The number of para-hydroxylation sites is 1. The predicted molar refractivity (Wildman–Crippen MR) is 73.9 cm³/mol. The van der Waals surface area contributed by atoms with Gasteiger partial charge in [-0.15, -0.1) is 0 Å². The summed E-state index contributed by atoms with van der Waals surface area (Å²) in [5.74, 6) is -1.13. The first kappa shape index (κ1) is 14.3. The molecule has 20 heavy (non-hydrogen) atoms. The molecule has 0 fully saturated rings. The summed E-state index contributed by atoms with van der Waals surface area (Å²) in [6.07, 6.45) is -1.10. The molecule has 0 amide bonds. The Morgan fingerprint density at radius 1 is 1.30 bits per heavy atom. The van der Waals surface area contributed by atoms with Gasteiger partial charge in [0.15, 0.2) is 5.78 Å². The Hall–Kier alpha value is -2.14. The van der Waals surface area contributed by atoms with Crippen LogP contribution in [0.2, 0.25) is 0 Å². The first-order chi connectivity index (χ1) is 9.41. The quantitative estimate of drug-likeness (QED) is 0.659. The lowest BCUT2D eigenvalue weighted by atomic mass is 9.98. The minimum absolute atomic E-state index is 0.117. The van der Waals surface area contributed by atoms with E-state index in [4.69, 9.17) is 4.42 Å². The summed E-state index contributed by atoms with van der Waals surface area (Å²) >= 11 is 0. The van der Waals surface area contributed by atoms with Crippen LogP contribution in [0.5, 0.6) is 5.75 Å². The minimum atomic E-state index is -0.887. The van der Waals surface area contributed by atoms with E-state index >= 15 is 0 Å². The Kier molecular flexibility index (Phi) is 3.90. The number of ketones is 1. The number of aliphatic hydroxyl groups excluding tert-OH is 1. The molecule has 1 atom stereocenters. The van der Waals surface area contributed by atoms with E-state index in [2.05, 4.69) is 0 Å². The van der Waals surface area contributed by atoms with Gasteiger partial charge in [-0.2, -0.15) is 0 Å². The molecule has 0 bridgehead atoms. The third-order valence-electron chi connectivity index (χ3n) is 3.23. The van der Waals surface area contributed by atoms with Gasteiger partial charge in [0.25, 0.3) is 0 Å². The maximum atomic E-state index is 12.1. The normalized spacial score (nSPS) is 12.8. The first-order valence-corrected chi connectivity index (χ1v) is 6.38. The first-order valence-electron chi connectivity index (χ1n) is 6.38. The van der Waals surface area contributed by atoms with Gasteiger partial charge >= 0.3 is 5.63 Å². The second kappa shape index (κ2) is 5.46. The Bertz CT molecular complexity index is 699. The smallest absolute Gasteiger partial charge is 0.351 e. The van der Waals surface area contributed by atoms with Crippen molar-refractivity contribution in [2.75, 3.05) is 0 Å². The van der Waals surface area contributed by atoms with Gasteiger partial charge in [0.1, 0.15) is 16.9 Å². The highest BCUT2D eigenvalue weighted by Gasteiger charge is 2.23. The van der Waals surface area contributed by atoms with Crippen LogP contribution >= 0.6 is 0 Å². The van der Waals surface area contributed by atoms with E-state index in [0.717, 1.165) is 0 Å². The zero-order valence-corrected chi connectivity index (χ0v) is 11.3. The largest absolute Gasteiger partial charge is 0.506 e. The zero-order valence-electron chi connectivity index (χ0n) is 11.3. The number of Topliss-reactive ketones (excluding diaryl/α,β-unsaturated/α-hetero) is 1. The van der Waals surface area contributed by atoms with Crippen LogP contribution in [0.15, 0.2) is 33.5 Å². The molecule has 0 aliphatic carbocycles. The third-order valence-corrected chi connectivity index (χ3v) is 3.23. The number of aliphatic hydroxyl groups is 1. The molecule has 2 rings (SSSR count). The number of benzene rings is 1. The molecule has 106 valence electrons. The lowest BCUT2D eigenvalue weighted by Crippen LogP contribution is -2.23. The van der Waals surface area contributed by atoms with Crippen LogP contribution in [-0.4, -0.2) is 22.1 Å². The van der Waals surface area contributed by atoms with Crippen LogP contribution < -0.4 is 5.63 Å². The average molecular weight is 276 g/mol. The Morgan fingerprint density at radius 3 is 2.60 bits per heavy atom. The number of aromatic hydroxyl groups is 1. The molecule has 0 spiro atoms. The van der Waals surface area contributed by atoms with Crippen molar-refractivity contribution in [2.24, 2.45) is 5.92 Å². The second-order valence-corrected chi connectivity index (χ2v) is 5.05. The molecule has 1 aromatic heterocycles. The van der Waals surface area contributed by atoms with Crippen molar-refractivity contribution in [3.8, 4) is 5.75 Å². The van der Waals surface area contributed by atoms with Crippen molar-refractivity contribution in [3.05, 3.63) is 40.2 Å². The van der Waals surface area contributed by atoms with E-state index in [-0.39, 0.29) is 17.9 Å². The summed E-state index contributed by atoms with van der Waals surface area (Å²) < 4.78 is 5.02. The summed E-state index contributed by atoms with van der Waals surface area (Å²) in [4.78, 5) is 23.9. The molecule has 0 radical (unpaired) electrons. The van der Waals surface area contributed by atoms with Crippen molar-refractivity contribution in [1.29, 1.82) is 0 Å². The van der Waals surface area contributed by atoms with Crippen molar-refractivity contribution in [2.45, 2.75) is 26.4 Å². The number of rotatable bonds is 4. The fraction of sp³-hybridized carbons (Fsp3) is 0.333. The van der Waals surface area contributed by atoms with Crippen molar-refractivity contribution in [1.82, 2.24) is 0 Å². The molecule has 0 aliphatic heterocycles. The molecule has 1 unspecified atom stereocenters. The summed E-state index contributed by atoms with van der Waals surface area (Å²) in [6.45, 7) is 3.53. The monoisotopic (exact) mass is 276 g/mol. The Morgan fingerprint density at radius 2 is 1.95 bits per heavy atom. The summed E-state index contributed by atoms with van der Waals surface area (Å²) in [5, 5.41) is 20.1. The predicted octanol–water partition coefficient (Wildman–Crippen LogP) is 2.09.